The summed E-state index contributed by atoms with van der Waals surface area (Å²) in [5, 5.41) is 0. The predicted octanol–water partition coefficient (Wildman–Crippen LogP) is 4.14. The van der Waals surface area contributed by atoms with Crippen molar-refractivity contribution in [1.82, 2.24) is 9.21 Å². The van der Waals surface area contributed by atoms with E-state index in [1.54, 1.807) is 0 Å². The van der Waals surface area contributed by atoms with E-state index in [0.29, 0.717) is 26.2 Å². The molecule has 0 spiro atoms. The number of piperazine rings is 1. The molecule has 0 radical (unpaired) electrons. The predicted molar refractivity (Wildman–Crippen MR) is 112 cm³/mol. The van der Waals surface area contributed by atoms with Crippen LogP contribution in [-0.4, -0.2) is 43.8 Å². The zero-order valence-corrected chi connectivity index (χ0v) is 17.2. The first-order valence-electron chi connectivity index (χ1n) is 9.75. The van der Waals surface area contributed by atoms with Crippen molar-refractivity contribution in [3.63, 3.8) is 0 Å². The van der Waals surface area contributed by atoms with Crippen molar-refractivity contribution in [2.45, 2.75) is 11.4 Å². The fraction of sp³-hybridized carbons (Fsp3) is 0.217. The van der Waals surface area contributed by atoms with Crippen molar-refractivity contribution in [3.05, 3.63) is 90.0 Å². The smallest absolute Gasteiger partial charge is 0.243 e. The van der Waals surface area contributed by atoms with Gasteiger partial charge in [0.1, 0.15) is 0 Å². The molecule has 0 aromatic heterocycles. The molecule has 156 valence electrons. The van der Waals surface area contributed by atoms with Gasteiger partial charge in [0.05, 0.1) is 4.90 Å². The quantitative estimate of drug-likeness (QED) is 0.613. The van der Waals surface area contributed by atoms with Crippen LogP contribution in [-0.2, 0) is 16.6 Å². The van der Waals surface area contributed by atoms with E-state index < -0.39 is 21.7 Å². The van der Waals surface area contributed by atoms with E-state index in [1.807, 2.05) is 18.2 Å². The van der Waals surface area contributed by atoms with Gasteiger partial charge in [0, 0.05) is 32.7 Å². The van der Waals surface area contributed by atoms with Gasteiger partial charge in [-0.05, 0) is 34.9 Å². The maximum atomic E-state index is 13.5. The lowest BCUT2D eigenvalue weighted by atomic mass is 10.0. The molecule has 3 aromatic carbocycles. The molecule has 4 nitrogen and oxygen atoms in total. The third kappa shape index (κ3) is 4.43. The molecule has 1 aliphatic heterocycles. The zero-order valence-electron chi connectivity index (χ0n) is 16.3. The minimum absolute atomic E-state index is 0.216. The van der Waals surface area contributed by atoms with Gasteiger partial charge in [0.25, 0.3) is 0 Å². The number of rotatable bonds is 5. The number of hydrogen-bond donors (Lipinski definition) is 0. The van der Waals surface area contributed by atoms with Gasteiger partial charge in [-0.15, -0.1) is 0 Å². The van der Waals surface area contributed by atoms with Gasteiger partial charge in [0.2, 0.25) is 10.0 Å². The Balaban J connectivity index is 1.37. The second-order valence-corrected chi connectivity index (χ2v) is 9.26. The maximum absolute atomic E-state index is 13.5. The lowest BCUT2D eigenvalue weighted by Crippen LogP contribution is -2.48. The molecule has 3 aromatic rings. The normalized spacial score (nSPS) is 15.9. The number of sulfonamides is 1. The Hall–Kier alpha value is -2.61. The Bertz CT molecular complexity index is 1110. The SMILES string of the molecule is O=S(=O)(c1ccc(F)c(F)c1)N1CCN(Cc2ccc(-c3ccccc3)cc2)CC1. The van der Waals surface area contributed by atoms with Crippen molar-refractivity contribution in [2.75, 3.05) is 26.2 Å². The molecule has 1 saturated heterocycles. The fourth-order valence-electron chi connectivity index (χ4n) is 3.61. The molecule has 1 fully saturated rings. The second kappa shape index (κ2) is 8.63. The topological polar surface area (TPSA) is 40.6 Å². The highest BCUT2D eigenvalue weighted by Crippen LogP contribution is 2.22. The molecular weight excluding hydrogens is 406 g/mol. The highest BCUT2D eigenvalue weighted by molar-refractivity contribution is 7.89. The largest absolute Gasteiger partial charge is 0.296 e. The van der Waals surface area contributed by atoms with E-state index >= 15 is 0 Å². The van der Waals surface area contributed by atoms with Crippen molar-refractivity contribution in [1.29, 1.82) is 0 Å². The maximum Gasteiger partial charge on any atom is 0.243 e. The third-order valence-electron chi connectivity index (χ3n) is 5.33. The van der Waals surface area contributed by atoms with Crippen LogP contribution < -0.4 is 0 Å². The Morgan fingerprint density at radius 3 is 2.00 bits per heavy atom. The van der Waals surface area contributed by atoms with Crippen LogP contribution in [0.15, 0.2) is 77.7 Å². The second-order valence-electron chi connectivity index (χ2n) is 7.32. The standard InChI is InChI=1S/C23H22F2N2O2S/c24-22-11-10-21(16-23(22)25)30(28,29)27-14-12-26(13-15-27)17-18-6-8-20(9-7-18)19-4-2-1-3-5-19/h1-11,16H,12-15,17H2. The Labute approximate surface area is 175 Å². The molecule has 0 bridgehead atoms. The molecule has 1 heterocycles. The van der Waals surface area contributed by atoms with E-state index in [1.165, 1.54) is 9.87 Å². The minimum Gasteiger partial charge on any atom is -0.296 e. The molecule has 4 rings (SSSR count). The Morgan fingerprint density at radius 1 is 0.733 bits per heavy atom. The van der Waals surface area contributed by atoms with Crippen LogP contribution in [0.5, 0.6) is 0 Å². The molecule has 0 N–H and O–H groups in total. The van der Waals surface area contributed by atoms with E-state index in [-0.39, 0.29) is 4.90 Å². The van der Waals surface area contributed by atoms with Crippen LogP contribution in [0.4, 0.5) is 8.78 Å². The molecule has 30 heavy (non-hydrogen) atoms. The molecule has 0 amide bonds. The molecule has 0 atom stereocenters. The Morgan fingerprint density at radius 2 is 1.37 bits per heavy atom. The summed E-state index contributed by atoms with van der Waals surface area (Å²) in [4.78, 5) is 1.97. The fourth-order valence-corrected chi connectivity index (χ4v) is 5.04. The number of benzene rings is 3. The first kappa shape index (κ1) is 20.7. The summed E-state index contributed by atoms with van der Waals surface area (Å²) in [7, 11) is -3.83. The molecule has 0 saturated carbocycles. The van der Waals surface area contributed by atoms with Gasteiger partial charge in [-0.25, -0.2) is 17.2 Å². The van der Waals surface area contributed by atoms with Crippen LogP contribution >= 0.6 is 0 Å². The van der Waals surface area contributed by atoms with E-state index in [9.17, 15) is 17.2 Å². The van der Waals surface area contributed by atoms with Gasteiger partial charge in [0.15, 0.2) is 11.6 Å². The highest BCUT2D eigenvalue weighted by Gasteiger charge is 2.29. The Kier molecular flexibility index (Phi) is 5.94. The average Bonchev–Trinajstić information content (AvgIpc) is 2.77. The van der Waals surface area contributed by atoms with Crippen molar-refractivity contribution >= 4 is 10.0 Å². The molecule has 0 aliphatic carbocycles. The minimum atomic E-state index is -3.83. The summed E-state index contributed by atoms with van der Waals surface area (Å²) in [6.07, 6.45) is 0. The van der Waals surface area contributed by atoms with Crippen LogP contribution in [0.3, 0.4) is 0 Å². The van der Waals surface area contributed by atoms with E-state index in [0.717, 1.165) is 35.9 Å². The van der Waals surface area contributed by atoms with Crippen LogP contribution in [0.2, 0.25) is 0 Å². The zero-order chi connectivity index (χ0) is 21.1. The van der Waals surface area contributed by atoms with Crippen LogP contribution in [0, 0.1) is 11.6 Å². The highest BCUT2D eigenvalue weighted by atomic mass is 32.2. The van der Waals surface area contributed by atoms with Gasteiger partial charge >= 0.3 is 0 Å². The lowest BCUT2D eigenvalue weighted by molar-refractivity contribution is 0.181. The first-order valence-corrected chi connectivity index (χ1v) is 11.2. The summed E-state index contributed by atoms with van der Waals surface area (Å²) < 4.78 is 53.3. The number of halogens is 2. The molecule has 7 heteroatoms. The third-order valence-corrected chi connectivity index (χ3v) is 7.22. The van der Waals surface area contributed by atoms with Crippen molar-refractivity contribution in [3.8, 4) is 11.1 Å². The summed E-state index contributed by atoms with van der Waals surface area (Å²) in [6.45, 7) is 2.49. The summed E-state index contributed by atoms with van der Waals surface area (Å²) >= 11 is 0. The van der Waals surface area contributed by atoms with Crippen LogP contribution in [0.25, 0.3) is 11.1 Å². The van der Waals surface area contributed by atoms with E-state index in [2.05, 4.69) is 41.3 Å². The summed E-state index contributed by atoms with van der Waals surface area (Å²) in [6, 6.07) is 21.2. The molecular formula is C23H22F2N2O2S. The first-order chi connectivity index (χ1) is 14.4. The monoisotopic (exact) mass is 428 g/mol. The number of hydrogen-bond acceptors (Lipinski definition) is 3. The van der Waals surface area contributed by atoms with Gasteiger partial charge in [-0.3, -0.25) is 4.90 Å². The van der Waals surface area contributed by atoms with E-state index in [4.69, 9.17) is 0 Å². The van der Waals surface area contributed by atoms with Crippen molar-refractivity contribution < 1.29 is 17.2 Å². The van der Waals surface area contributed by atoms with Gasteiger partial charge in [-0.1, -0.05) is 54.6 Å². The average molecular weight is 429 g/mol. The molecule has 1 aliphatic rings. The molecule has 0 unspecified atom stereocenters. The van der Waals surface area contributed by atoms with Crippen LogP contribution in [0.1, 0.15) is 5.56 Å². The summed E-state index contributed by atoms with van der Waals surface area (Å²) in [5.74, 6) is -2.22. The van der Waals surface area contributed by atoms with Gasteiger partial charge < -0.3 is 0 Å². The van der Waals surface area contributed by atoms with Crippen molar-refractivity contribution in [2.24, 2.45) is 0 Å². The number of nitrogens with zero attached hydrogens (tertiary/aromatic N) is 2. The van der Waals surface area contributed by atoms with Gasteiger partial charge in [-0.2, -0.15) is 4.31 Å². The summed E-state index contributed by atoms with van der Waals surface area (Å²) in [5.41, 5.74) is 3.48. The lowest BCUT2D eigenvalue weighted by Gasteiger charge is -2.34.